The van der Waals surface area contributed by atoms with E-state index in [1.807, 2.05) is 19.1 Å². The van der Waals surface area contributed by atoms with Gasteiger partial charge in [0.25, 0.3) is 0 Å². The lowest BCUT2D eigenvalue weighted by Crippen LogP contribution is -2.16. The smallest absolute Gasteiger partial charge is 0.235 e. The Morgan fingerprint density at radius 2 is 1.93 bits per heavy atom. The number of carbonyl (C=O) groups is 1. The first-order valence-electron chi connectivity index (χ1n) is 7.97. The van der Waals surface area contributed by atoms with E-state index in [2.05, 4.69) is 20.8 Å². The van der Waals surface area contributed by atoms with Crippen molar-refractivity contribution in [1.29, 1.82) is 0 Å². The molecular weight excluding hydrogens is 376 g/mol. The molecule has 0 bridgehead atoms. The van der Waals surface area contributed by atoms with Crippen LogP contribution in [0.4, 0.5) is 14.5 Å². The summed E-state index contributed by atoms with van der Waals surface area (Å²) in [7, 11) is 0. The standard InChI is InChI=1S/C17H15F2N5O2S/c1-2-26-14-9-4-3-8-13(14)24-17(21-22-23-24)27-10-15(25)20-16-11(18)6-5-7-12(16)19/h3-9H,2,10H2,1H3,(H,20,25). The second-order valence-electron chi connectivity index (χ2n) is 5.21. The van der Waals surface area contributed by atoms with Gasteiger partial charge in [-0.3, -0.25) is 4.79 Å². The highest BCUT2D eigenvalue weighted by molar-refractivity contribution is 7.99. The second-order valence-corrected chi connectivity index (χ2v) is 6.15. The Kier molecular flexibility index (Phi) is 5.97. The van der Waals surface area contributed by atoms with Gasteiger partial charge in [-0.2, -0.15) is 4.68 Å². The average Bonchev–Trinajstić information content (AvgIpc) is 3.12. The normalized spacial score (nSPS) is 10.6. The number of anilines is 1. The maximum absolute atomic E-state index is 13.6. The molecular formula is C17H15F2N5O2S. The molecule has 0 saturated carbocycles. The Labute approximate surface area is 157 Å². The van der Waals surface area contributed by atoms with Crippen LogP contribution in [-0.2, 0) is 4.79 Å². The highest BCUT2D eigenvalue weighted by atomic mass is 32.2. The summed E-state index contributed by atoms with van der Waals surface area (Å²) in [6.07, 6.45) is 0. The molecule has 0 unspecified atom stereocenters. The van der Waals surface area contributed by atoms with Crippen LogP contribution in [0, 0.1) is 11.6 Å². The molecule has 3 aromatic rings. The zero-order valence-corrected chi connectivity index (χ0v) is 15.0. The quantitative estimate of drug-likeness (QED) is 0.624. The van der Waals surface area contributed by atoms with Gasteiger partial charge >= 0.3 is 0 Å². The molecule has 1 heterocycles. The van der Waals surface area contributed by atoms with E-state index in [4.69, 9.17) is 4.74 Å². The predicted molar refractivity (Wildman–Crippen MR) is 96.0 cm³/mol. The molecule has 1 amide bonds. The summed E-state index contributed by atoms with van der Waals surface area (Å²) in [5.74, 6) is -1.82. The Hall–Kier alpha value is -3.01. The third-order valence-corrected chi connectivity index (χ3v) is 4.31. The molecule has 0 atom stereocenters. The molecule has 0 radical (unpaired) electrons. The van der Waals surface area contributed by atoms with Crippen molar-refractivity contribution >= 4 is 23.4 Å². The fraction of sp³-hybridized carbons (Fsp3) is 0.176. The molecule has 0 spiro atoms. The van der Waals surface area contributed by atoms with Crippen molar-refractivity contribution in [2.45, 2.75) is 12.1 Å². The Balaban J connectivity index is 1.72. The number of rotatable bonds is 7. The van der Waals surface area contributed by atoms with Gasteiger partial charge in [0.2, 0.25) is 11.1 Å². The van der Waals surface area contributed by atoms with Crippen LogP contribution in [0.3, 0.4) is 0 Å². The van der Waals surface area contributed by atoms with Crippen molar-refractivity contribution in [3.05, 3.63) is 54.1 Å². The molecule has 3 rings (SSSR count). The van der Waals surface area contributed by atoms with Crippen molar-refractivity contribution in [3.8, 4) is 11.4 Å². The Morgan fingerprint density at radius 3 is 2.67 bits per heavy atom. The predicted octanol–water partition coefficient (Wildman–Crippen LogP) is 3.07. The number of aromatic nitrogens is 4. The minimum absolute atomic E-state index is 0.134. The number of tetrazole rings is 1. The number of nitrogens with one attached hydrogen (secondary N) is 1. The SMILES string of the molecule is CCOc1ccccc1-n1nnnc1SCC(=O)Nc1c(F)cccc1F. The molecule has 0 aliphatic rings. The number of nitrogens with zero attached hydrogens (tertiary/aromatic N) is 4. The monoisotopic (exact) mass is 391 g/mol. The molecule has 0 aliphatic carbocycles. The van der Waals surface area contributed by atoms with E-state index in [0.717, 1.165) is 23.9 Å². The molecule has 10 heteroatoms. The highest BCUT2D eigenvalue weighted by Crippen LogP contribution is 2.26. The number of thioether (sulfide) groups is 1. The lowest BCUT2D eigenvalue weighted by atomic mass is 10.3. The van der Waals surface area contributed by atoms with E-state index in [-0.39, 0.29) is 5.75 Å². The minimum atomic E-state index is -0.844. The first kappa shape index (κ1) is 18.8. The van der Waals surface area contributed by atoms with E-state index in [1.165, 1.54) is 10.7 Å². The lowest BCUT2D eigenvalue weighted by molar-refractivity contribution is -0.113. The Morgan fingerprint density at radius 1 is 1.19 bits per heavy atom. The topological polar surface area (TPSA) is 81.9 Å². The third-order valence-electron chi connectivity index (χ3n) is 3.39. The number of ether oxygens (including phenoxy) is 1. The maximum atomic E-state index is 13.6. The molecule has 1 N–H and O–H groups in total. The number of amides is 1. The molecule has 1 aromatic heterocycles. The third kappa shape index (κ3) is 4.40. The van der Waals surface area contributed by atoms with E-state index in [1.54, 1.807) is 12.1 Å². The van der Waals surface area contributed by atoms with E-state index in [9.17, 15) is 13.6 Å². The summed E-state index contributed by atoms with van der Waals surface area (Å²) in [6, 6.07) is 10.5. The summed E-state index contributed by atoms with van der Waals surface area (Å²) in [5.41, 5.74) is 0.136. The molecule has 0 saturated heterocycles. The number of halogens is 2. The van der Waals surface area contributed by atoms with Crippen LogP contribution in [0.1, 0.15) is 6.92 Å². The summed E-state index contributed by atoms with van der Waals surface area (Å²) >= 11 is 1.03. The fourth-order valence-corrected chi connectivity index (χ4v) is 2.94. The van der Waals surface area contributed by atoms with Crippen molar-refractivity contribution in [3.63, 3.8) is 0 Å². The molecule has 7 nitrogen and oxygen atoms in total. The van der Waals surface area contributed by atoms with Gasteiger partial charge in [0, 0.05) is 0 Å². The summed E-state index contributed by atoms with van der Waals surface area (Å²) in [4.78, 5) is 12.1. The van der Waals surface area contributed by atoms with Gasteiger partial charge in [-0.15, -0.1) is 5.10 Å². The zero-order valence-electron chi connectivity index (χ0n) is 14.2. The highest BCUT2D eigenvalue weighted by Gasteiger charge is 2.16. The van der Waals surface area contributed by atoms with Crippen LogP contribution in [0.2, 0.25) is 0 Å². The molecule has 0 fully saturated rings. The first-order valence-corrected chi connectivity index (χ1v) is 8.96. The molecule has 2 aromatic carbocycles. The Bertz CT molecular complexity index is 930. The largest absolute Gasteiger partial charge is 0.492 e. The van der Waals surface area contributed by atoms with Crippen LogP contribution in [0.25, 0.3) is 5.69 Å². The second kappa shape index (κ2) is 8.58. The van der Waals surface area contributed by atoms with Gasteiger partial charge in [-0.25, -0.2) is 8.78 Å². The summed E-state index contributed by atoms with van der Waals surface area (Å²) < 4.78 is 34.2. The lowest BCUT2D eigenvalue weighted by Gasteiger charge is -2.10. The number of hydrogen-bond acceptors (Lipinski definition) is 6. The van der Waals surface area contributed by atoms with E-state index >= 15 is 0 Å². The van der Waals surface area contributed by atoms with Crippen LogP contribution in [-0.4, -0.2) is 38.5 Å². The van der Waals surface area contributed by atoms with Crippen molar-refractivity contribution in [1.82, 2.24) is 20.2 Å². The van der Waals surface area contributed by atoms with Gasteiger partial charge in [0.1, 0.15) is 28.8 Å². The minimum Gasteiger partial charge on any atom is -0.492 e. The number of hydrogen-bond donors (Lipinski definition) is 1. The summed E-state index contributed by atoms with van der Waals surface area (Å²) in [6.45, 7) is 2.33. The maximum Gasteiger partial charge on any atom is 0.235 e. The van der Waals surface area contributed by atoms with Crippen molar-refractivity contribution < 1.29 is 18.3 Å². The number of benzene rings is 2. The number of carbonyl (C=O) groups excluding carboxylic acids is 1. The van der Waals surface area contributed by atoms with Gasteiger partial charge in [0.15, 0.2) is 0 Å². The molecule has 140 valence electrons. The zero-order chi connectivity index (χ0) is 19.2. The van der Waals surface area contributed by atoms with Gasteiger partial charge in [-0.05, 0) is 41.6 Å². The van der Waals surface area contributed by atoms with E-state index in [0.29, 0.717) is 23.2 Å². The molecule has 0 aliphatic heterocycles. The average molecular weight is 391 g/mol. The molecule has 27 heavy (non-hydrogen) atoms. The fourth-order valence-electron chi connectivity index (χ4n) is 2.25. The first-order chi connectivity index (χ1) is 13.1. The van der Waals surface area contributed by atoms with E-state index < -0.39 is 23.2 Å². The van der Waals surface area contributed by atoms with Gasteiger partial charge in [0.05, 0.1) is 12.4 Å². The van der Waals surface area contributed by atoms with Crippen LogP contribution in [0.15, 0.2) is 47.6 Å². The number of para-hydroxylation sites is 3. The van der Waals surface area contributed by atoms with Crippen LogP contribution < -0.4 is 10.1 Å². The van der Waals surface area contributed by atoms with Crippen LogP contribution in [0.5, 0.6) is 5.75 Å². The van der Waals surface area contributed by atoms with Crippen molar-refractivity contribution in [2.75, 3.05) is 17.7 Å². The van der Waals surface area contributed by atoms with Crippen LogP contribution >= 0.6 is 11.8 Å². The van der Waals surface area contributed by atoms with Gasteiger partial charge < -0.3 is 10.1 Å². The van der Waals surface area contributed by atoms with Crippen molar-refractivity contribution in [2.24, 2.45) is 0 Å². The summed E-state index contributed by atoms with van der Waals surface area (Å²) in [5, 5.41) is 14.0. The van der Waals surface area contributed by atoms with Gasteiger partial charge in [-0.1, -0.05) is 30.0 Å².